The fraction of sp³-hybridized carbons (Fsp3) is 0.276. The number of amides is 2. The lowest BCUT2D eigenvalue weighted by molar-refractivity contribution is -0.129. The van der Waals surface area contributed by atoms with E-state index in [1.54, 1.807) is 30.3 Å². The van der Waals surface area contributed by atoms with Gasteiger partial charge in [0, 0.05) is 11.3 Å². The predicted molar refractivity (Wildman–Crippen MR) is 158 cm³/mol. The van der Waals surface area contributed by atoms with Crippen LogP contribution >= 0.6 is 23.2 Å². The molecule has 0 bridgehead atoms. The van der Waals surface area contributed by atoms with Crippen molar-refractivity contribution in [2.75, 3.05) is 26.6 Å². The van der Waals surface area contributed by atoms with Gasteiger partial charge in [-0.15, -0.1) is 0 Å². The second kappa shape index (κ2) is 14.4. The van der Waals surface area contributed by atoms with Crippen LogP contribution in [0.1, 0.15) is 25.0 Å². The summed E-state index contributed by atoms with van der Waals surface area (Å²) in [6.07, 6.45) is 1.47. The lowest BCUT2D eigenvalue weighted by atomic mass is 10.0. The third kappa shape index (κ3) is 7.80. The molecule has 3 aromatic carbocycles. The van der Waals surface area contributed by atoms with Crippen LogP contribution in [0.3, 0.4) is 0 Å². The van der Waals surface area contributed by atoms with Crippen LogP contribution in [0.4, 0.5) is 11.4 Å². The van der Waals surface area contributed by atoms with Gasteiger partial charge < -0.3 is 24.8 Å². The molecule has 11 heteroatoms. The van der Waals surface area contributed by atoms with E-state index in [0.717, 1.165) is 0 Å². The maximum absolute atomic E-state index is 13.0. The van der Waals surface area contributed by atoms with Crippen LogP contribution in [0.5, 0.6) is 17.2 Å². The van der Waals surface area contributed by atoms with Crippen LogP contribution in [-0.4, -0.2) is 45.4 Å². The van der Waals surface area contributed by atoms with Gasteiger partial charge in [-0.2, -0.15) is 5.10 Å². The standard InChI is InChI=1S/C29H32Cl2N4O5/c1-17(2)26(29(37)35-32-16-18-13-23(38-3)28(40-5)24(14-18)39-4)34-25(36)15-19-9-6-7-12-22(19)33-27-20(30)10-8-11-21(27)31/h6-14,16-17,26,33H,15H2,1-5H3,(H,34,36)(H,35,37)/b32-16+/t26-/m0/s1. The number of nitrogens with zero attached hydrogens (tertiary/aromatic N) is 1. The van der Waals surface area contributed by atoms with Gasteiger partial charge in [-0.25, -0.2) is 5.43 Å². The first-order valence-electron chi connectivity index (χ1n) is 12.4. The molecule has 40 heavy (non-hydrogen) atoms. The number of hydrogen-bond acceptors (Lipinski definition) is 7. The van der Waals surface area contributed by atoms with E-state index >= 15 is 0 Å². The molecule has 0 aliphatic heterocycles. The lowest BCUT2D eigenvalue weighted by Crippen LogP contribution is -2.49. The van der Waals surface area contributed by atoms with Gasteiger partial charge in [0.05, 0.1) is 49.7 Å². The average Bonchev–Trinajstić information content (AvgIpc) is 2.93. The van der Waals surface area contributed by atoms with Crippen molar-refractivity contribution in [3.8, 4) is 17.2 Å². The minimum atomic E-state index is -0.817. The summed E-state index contributed by atoms with van der Waals surface area (Å²) in [4.78, 5) is 26.0. The van der Waals surface area contributed by atoms with Crippen LogP contribution in [0, 0.1) is 5.92 Å². The molecular formula is C29H32Cl2N4O5. The Balaban J connectivity index is 1.69. The van der Waals surface area contributed by atoms with Crippen molar-refractivity contribution < 1.29 is 23.8 Å². The molecule has 0 aliphatic rings. The van der Waals surface area contributed by atoms with E-state index < -0.39 is 11.9 Å². The summed E-state index contributed by atoms with van der Waals surface area (Å²) in [5.74, 6) is 0.362. The van der Waals surface area contributed by atoms with E-state index in [1.165, 1.54) is 27.5 Å². The number of methoxy groups -OCH3 is 3. The van der Waals surface area contributed by atoms with Gasteiger partial charge in [0.15, 0.2) is 11.5 Å². The first-order valence-corrected chi connectivity index (χ1v) is 13.1. The topological polar surface area (TPSA) is 110 Å². The number of halogens is 2. The van der Waals surface area contributed by atoms with Gasteiger partial charge in [-0.1, -0.05) is 61.3 Å². The molecule has 2 amide bonds. The summed E-state index contributed by atoms with van der Waals surface area (Å²) in [6.45, 7) is 3.67. The molecular weight excluding hydrogens is 555 g/mol. The molecule has 9 nitrogen and oxygen atoms in total. The van der Waals surface area contributed by atoms with Crippen LogP contribution in [0.25, 0.3) is 0 Å². The first kappa shape index (κ1) is 30.6. The number of benzene rings is 3. The zero-order valence-electron chi connectivity index (χ0n) is 22.9. The van der Waals surface area contributed by atoms with Crippen LogP contribution in [0.15, 0.2) is 59.7 Å². The van der Waals surface area contributed by atoms with Gasteiger partial charge in [0.1, 0.15) is 6.04 Å². The van der Waals surface area contributed by atoms with Crippen molar-refractivity contribution in [1.29, 1.82) is 0 Å². The maximum Gasteiger partial charge on any atom is 0.262 e. The first-order chi connectivity index (χ1) is 19.2. The average molecular weight is 588 g/mol. The van der Waals surface area contributed by atoms with E-state index in [4.69, 9.17) is 37.4 Å². The number of carbonyl (C=O) groups excluding carboxylic acids is 2. The molecule has 0 radical (unpaired) electrons. The van der Waals surface area contributed by atoms with E-state index in [2.05, 4.69) is 21.2 Å². The molecule has 0 aliphatic carbocycles. The minimum absolute atomic E-state index is 0.0243. The Morgan fingerprint density at radius 2 is 1.55 bits per heavy atom. The SMILES string of the molecule is COc1cc(/C=N/NC(=O)[C@@H](NC(=O)Cc2ccccc2Nc2c(Cl)cccc2Cl)C(C)C)cc(OC)c1OC. The van der Waals surface area contributed by atoms with Crippen molar-refractivity contribution in [3.05, 3.63) is 75.8 Å². The molecule has 0 heterocycles. The molecule has 0 saturated heterocycles. The van der Waals surface area contributed by atoms with Crippen molar-refractivity contribution in [1.82, 2.24) is 10.7 Å². The van der Waals surface area contributed by atoms with Crippen LogP contribution in [-0.2, 0) is 16.0 Å². The van der Waals surface area contributed by atoms with Gasteiger partial charge in [0.2, 0.25) is 11.7 Å². The monoisotopic (exact) mass is 586 g/mol. The molecule has 0 fully saturated rings. The molecule has 0 aromatic heterocycles. The molecule has 1 atom stereocenters. The molecule has 3 aromatic rings. The minimum Gasteiger partial charge on any atom is -0.493 e. The summed E-state index contributed by atoms with van der Waals surface area (Å²) in [5, 5.41) is 11.0. The fourth-order valence-electron chi connectivity index (χ4n) is 3.90. The molecule has 0 spiro atoms. The zero-order valence-corrected chi connectivity index (χ0v) is 24.4. The number of carbonyl (C=O) groups is 2. The maximum atomic E-state index is 13.0. The Bertz CT molecular complexity index is 1340. The number of ether oxygens (including phenoxy) is 3. The number of hydrazone groups is 1. The summed E-state index contributed by atoms with van der Waals surface area (Å²) < 4.78 is 16.0. The van der Waals surface area contributed by atoms with E-state index in [9.17, 15) is 9.59 Å². The van der Waals surface area contributed by atoms with Crippen molar-refractivity contribution in [2.24, 2.45) is 11.0 Å². The Morgan fingerprint density at radius 1 is 0.925 bits per heavy atom. The normalized spacial score (nSPS) is 11.7. The van der Waals surface area contributed by atoms with Crippen LogP contribution in [0.2, 0.25) is 10.0 Å². The van der Waals surface area contributed by atoms with Gasteiger partial charge in [0.25, 0.3) is 5.91 Å². The predicted octanol–water partition coefficient (Wildman–Crippen LogP) is 5.60. The third-order valence-electron chi connectivity index (χ3n) is 5.93. The lowest BCUT2D eigenvalue weighted by Gasteiger charge is -2.21. The highest BCUT2D eigenvalue weighted by Crippen LogP contribution is 2.38. The van der Waals surface area contributed by atoms with E-state index in [1.807, 2.05) is 38.1 Å². The van der Waals surface area contributed by atoms with Gasteiger partial charge in [-0.05, 0) is 41.8 Å². The quantitative estimate of drug-likeness (QED) is 0.188. The number of anilines is 2. The zero-order chi connectivity index (χ0) is 29.2. The summed E-state index contributed by atoms with van der Waals surface area (Å²) in [5.41, 5.74) is 5.04. The van der Waals surface area contributed by atoms with Crippen molar-refractivity contribution >= 4 is 52.6 Å². The van der Waals surface area contributed by atoms with E-state index in [-0.39, 0.29) is 18.2 Å². The third-order valence-corrected chi connectivity index (χ3v) is 6.56. The number of hydrogen-bond donors (Lipinski definition) is 3. The van der Waals surface area contributed by atoms with Crippen molar-refractivity contribution in [3.63, 3.8) is 0 Å². The number of para-hydroxylation sites is 2. The van der Waals surface area contributed by atoms with Crippen molar-refractivity contribution in [2.45, 2.75) is 26.3 Å². The fourth-order valence-corrected chi connectivity index (χ4v) is 4.39. The largest absolute Gasteiger partial charge is 0.493 e. The molecule has 0 unspecified atom stereocenters. The van der Waals surface area contributed by atoms with E-state index in [0.29, 0.717) is 49.8 Å². The Labute approximate surface area is 243 Å². The molecule has 212 valence electrons. The molecule has 3 rings (SSSR count). The molecule has 0 saturated carbocycles. The number of nitrogens with one attached hydrogen (secondary N) is 3. The summed E-state index contributed by atoms with van der Waals surface area (Å²) in [7, 11) is 4.53. The highest BCUT2D eigenvalue weighted by molar-refractivity contribution is 6.39. The number of rotatable bonds is 12. The Hall–Kier alpha value is -3.95. The highest BCUT2D eigenvalue weighted by Gasteiger charge is 2.24. The Morgan fingerprint density at radius 3 is 2.12 bits per heavy atom. The summed E-state index contributed by atoms with van der Waals surface area (Å²) in [6, 6.07) is 15.1. The molecule has 3 N–H and O–H groups in total. The van der Waals surface area contributed by atoms with Gasteiger partial charge >= 0.3 is 0 Å². The highest BCUT2D eigenvalue weighted by atomic mass is 35.5. The summed E-state index contributed by atoms with van der Waals surface area (Å²) >= 11 is 12.6. The second-order valence-corrected chi connectivity index (χ2v) is 9.85. The van der Waals surface area contributed by atoms with Gasteiger partial charge in [-0.3, -0.25) is 9.59 Å². The second-order valence-electron chi connectivity index (χ2n) is 9.04. The smallest absolute Gasteiger partial charge is 0.262 e. The Kier molecular flexibility index (Phi) is 11.0. The van der Waals surface area contributed by atoms with Crippen LogP contribution < -0.4 is 30.3 Å².